The number of rotatable bonds is 0. The monoisotopic (exact) mass is 304 g/mol. The van der Waals surface area contributed by atoms with E-state index in [1.54, 1.807) is 0 Å². The summed E-state index contributed by atoms with van der Waals surface area (Å²) in [6.07, 6.45) is 8.62. The summed E-state index contributed by atoms with van der Waals surface area (Å²) in [5.74, 6) is 0.570. The lowest BCUT2D eigenvalue weighted by atomic mass is 9.50. The van der Waals surface area contributed by atoms with E-state index in [1.807, 2.05) is 0 Å². The van der Waals surface area contributed by atoms with Crippen LogP contribution in [0.3, 0.4) is 0 Å². The maximum Gasteiger partial charge on any atom is 0.0620 e. The minimum absolute atomic E-state index is 0.0163. The molecule has 0 aliphatic heterocycles. The maximum atomic E-state index is 11.0. The Hall–Kier alpha value is -0.640. The molecule has 0 aromatic carbocycles. The molecule has 4 aliphatic rings. The van der Waals surface area contributed by atoms with Crippen LogP contribution in [0.5, 0.6) is 0 Å². The van der Waals surface area contributed by atoms with Crippen LogP contribution in [-0.2, 0) is 0 Å². The van der Waals surface area contributed by atoms with Crippen molar-refractivity contribution in [2.45, 2.75) is 70.7 Å². The van der Waals surface area contributed by atoms with Gasteiger partial charge in [0.2, 0.25) is 0 Å². The summed E-state index contributed by atoms with van der Waals surface area (Å²) in [4.78, 5) is 0. The minimum Gasteiger partial charge on any atom is -0.393 e. The third-order valence-electron chi connectivity index (χ3n) is 7.43. The second-order valence-electron chi connectivity index (χ2n) is 8.57. The van der Waals surface area contributed by atoms with Crippen LogP contribution < -0.4 is 0 Å². The van der Waals surface area contributed by atoms with Crippen molar-refractivity contribution >= 4 is 0 Å². The molecule has 3 saturated carbocycles. The number of fused-ring (bicyclic) bond motifs is 5. The predicted molar refractivity (Wildman–Crippen MR) is 85.1 cm³/mol. The van der Waals surface area contributed by atoms with Gasteiger partial charge in [-0.1, -0.05) is 37.1 Å². The molecular weight excluding hydrogens is 276 g/mol. The highest BCUT2D eigenvalue weighted by Crippen LogP contribution is 2.63. The fraction of sp³-hybridized carbons (Fsp3) is 0.789. The fourth-order valence-corrected chi connectivity index (χ4v) is 6.09. The molecule has 3 nitrogen and oxygen atoms in total. The largest absolute Gasteiger partial charge is 0.393 e. The second-order valence-corrected chi connectivity index (χ2v) is 8.57. The summed E-state index contributed by atoms with van der Waals surface area (Å²) < 4.78 is 0. The maximum absolute atomic E-state index is 11.0. The van der Waals surface area contributed by atoms with Crippen molar-refractivity contribution in [1.82, 2.24) is 0 Å². The molecule has 4 rings (SSSR count). The second kappa shape index (κ2) is 4.68. The lowest BCUT2D eigenvalue weighted by Gasteiger charge is -2.56. The molecule has 0 unspecified atom stereocenters. The predicted octanol–water partition coefficient (Wildman–Crippen LogP) is 2.56. The molecule has 0 bridgehead atoms. The summed E-state index contributed by atoms with van der Waals surface area (Å²) in [6.45, 7) is 4.43. The van der Waals surface area contributed by atoms with Crippen LogP contribution in [0.15, 0.2) is 23.3 Å². The number of allylic oxidation sites excluding steroid dienone is 2. The molecule has 3 fully saturated rings. The first-order valence-corrected chi connectivity index (χ1v) is 8.81. The average Bonchev–Trinajstić information content (AvgIpc) is 2.75. The fourth-order valence-electron chi connectivity index (χ4n) is 6.09. The van der Waals surface area contributed by atoms with Crippen LogP contribution in [0.4, 0.5) is 0 Å². The summed E-state index contributed by atoms with van der Waals surface area (Å²) in [5, 5.41) is 31.4. The van der Waals surface area contributed by atoms with E-state index in [-0.39, 0.29) is 35.1 Å². The Morgan fingerprint density at radius 1 is 1.05 bits per heavy atom. The molecule has 0 aromatic rings. The standard InChI is InChI=1S/C19H28O3/c1-18-8-7-12(20)9-11(18)3-4-13-14-5-6-16(22)19(14,2)10-15(21)17(13)18/h3-4,12,14-17,20-22H,5-10H2,1-2H3/t12-,14-,15-,16+,17+,18-,19-/m0/s1. The van der Waals surface area contributed by atoms with Gasteiger partial charge in [-0.05, 0) is 49.9 Å². The van der Waals surface area contributed by atoms with Crippen LogP contribution >= 0.6 is 0 Å². The Labute approximate surface area is 132 Å². The molecule has 122 valence electrons. The molecule has 7 atom stereocenters. The van der Waals surface area contributed by atoms with Gasteiger partial charge in [0.1, 0.15) is 0 Å². The minimum atomic E-state index is -0.385. The molecule has 0 saturated heterocycles. The Balaban J connectivity index is 1.78. The van der Waals surface area contributed by atoms with Crippen LogP contribution in [0, 0.1) is 22.7 Å². The zero-order valence-electron chi connectivity index (χ0n) is 13.6. The van der Waals surface area contributed by atoms with Gasteiger partial charge in [-0.15, -0.1) is 0 Å². The van der Waals surface area contributed by atoms with Crippen molar-refractivity contribution in [3.05, 3.63) is 23.3 Å². The van der Waals surface area contributed by atoms with Gasteiger partial charge >= 0.3 is 0 Å². The number of hydrogen-bond acceptors (Lipinski definition) is 3. The zero-order chi connectivity index (χ0) is 15.7. The zero-order valence-corrected chi connectivity index (χ0v) is 13.6. The summed E-state index contributed by atoms with van der Waals surface area (Å²) in [6, 6.07) is 0. The van der Waals surface area contributed by atoms with E-state index in [4.69, 9.17) is 0 Å². The quantitative estimate of drug-likeness (QED) is 0.644. The van der Waals surface area contributed by atoms with Crippen LogP contribution in [0.1, 0.15) is 52.4 Å². The van der Waals surface area contributed by atoms with E-state index in [1.165, 1.54) is 11.1 Å². The van der Waals surface area contributed by atoms with Gasteiger partial charge < -0.3 is 15.3 Å². The van der Waals surface area contributed by atoms with Crippen LogP contribution in [0.25, 0.3) is 0 Å². The van der Waals surface area contributed by atoms with Crippen molar-refractivity contribution < 1.29 is 15.3 Å². The molecule has 22 heavy (non-hydrogen) atoms. The normalized spacial score (nSPS) is 54.0. The summed E-state index contributed by atoms with van der Waals surface area (Å²) in [5.41, 5.74) is 2.48. The highest BCUT2D eigenvalue weighted by molar-refractivity contribution is 5.40. The lowest BCUT2D eigenvalue weighted by molar-refractivity contribution is -0.0675. The Morgan fingerprint density at radius 3 is 2.59 bits per heavy atom. The molecule has 3 N–H and O–H groups in total. The van der Waals surface area contributed by atoms with Crippen molar-refractivity contribution in [3.8, 4) is 0 Å². The summed E-state index contributed by atoms with van der Waals surface area (Å²) in [7, 11) is 0. The number of aliphatic hydroxyl groups excluding tert-OH is 3. The molecule has 4 aliphatic carbocycles. The molecule has 0 radical (unpaired) electrons. The molecular formula is C19H28O3. The highest BCUT2D eigenvalue weighted by atomic mass is 16.3. The average molecular weight is 304 g/mol. The van der Waals surface area contributed by atoms with E-state index >= 15 is 0 Å². The van der Waals surface area contributed by atoms with Crippen LogP contribution in [0.2, 0.25) is 0 Å². The number of aliphatic hydroxyl groups is 3. The summed E-state index contributed by atoms with van der Waals surface area (Å²) >= 11 is 0. The van der Waals surface area contributed by atoms with E-state index < -0.39 is 0 Å². The van der Waals surface area contributed by atoms with Gasteiger partial charge in [-0.3, -0.25) is 0 Å². The van der Waals surface area contributed by atoms with Gasteiger partial charge in [0.15, 0.2) is 0 Å². The lowest BCUT2D eigenvalue weighted by Crippen LogP contribution is -2.53. The molecule has 3 heteroatoms. The van der Waals surface area contributed by atoms with Crippen molar-refractivity contribution in [1.29, 1.82) is 0 Å². The Bertz CT molecular complexity index is 551. The van der Waals surface area contributed by atoms with Gasteiger partial charge in [0, 0.05) is 11.3 Å². The van der Waals surface area contributed by atoms with Crippen molar-refractivity contribution in [2.24, 2.45) is 22.7 Å². The van der Waals surface area contributed by atoms with E-state index in [9.17, 15) is 15.3 Å². The van der Waals surface area contributed by atoms with E-state index in [0.717, 1.165) is 32.1 Å². The smallest absolute Gasteiger partial charge is 0.0620 e. The third-order valence-corrected chi connectivity index (χ3v) is 7.43. The van der Waals surface area contributed by atoms with Crippen molar-refractivity contribution in [3.63, 3.8) is 0 Å². The van der Waals surface area contributed by atoms with Crippen LogP contribution in [-0.4, -0.2) is 33.6 Å². The van der Waals surface area contributed by atoms with Gasteiger partial charge in [0.05, 0.1) is 18.3 Å². The van der Waals surface area contributed by atoms with Gasteiger partial charge in [-0.2, -0.15) is 0 Å². The highest BCUT2D eigenvalue weighted by Gasteiger charge is 2.59. The van der Waals surface area contributed by atoms with Crippen molar-refractivity contribution in [2.75, 3.05) is 0 Å². The molecule has 0 amide bonds. The van der Waals surface area contributed by atoms with E-state index in [2.05, 4.69) is 26.0 Å². The first kappa shape index (κ1) is 14.9. The Morgan fingerprint density at radius 2 is 1.82 bits per heavy atom. The number of hydrogen-bond donors (Lipinski definition) is 3. The first-order valence-electron chi connectivity index (χ1n) is 8.81. The SMILES string of the molecule is C[C@]12C[C@H](O)[C@H]3C(=CC=C4C[C@@H](O)CC[C@@]43C)[C@@H]1CC[C@H]2O. The molecule has 0 aromatic heterocycles. The molecule has 0 heterocycles. The van der Waals surface area contributed by atoms with Gasteiger partial charge in [0.25, 0.3) is 0 Å². The first-order chi connectivity index (χ1) is 10.4. The topological polar surface area (TPSA) is 60.7 Å². The van der Waals surface area contributed by atoms with Gasteiger partial charge in [-0.25, -0.2) is 0 Å². The third kappa shape index (κ3) is 1.79. The van der Waals surface area contributed by atoms with E-state index in [0.29, 0.717) is 12.3 Å². The Kier molecular flexibility index (Phi) is 3.18. The molecule has 0 spiro atoms.